The molecule has 0 spiro atoms. The Kier molecular flexibility index (Phi) is 7.20. The maximum atomic E-state index is 13.4. The molecule has 2 fully saturated rings. The molecular formula is C33H32FN5O3. The van der Waals surface area contributed by atoms with Crippen LogP contribution in [0.15, 0.2) is 65.1 Å². The average Bonchev–Trinajstić information content (AvgIpc) is 3.91. The first-order valence-electron chi connectivity index (χ1n) is 14.1. The zero-order valence-corrected chi connectivity index (χ0v) is 23.8. The summed E-state index contributed by atoms with van der Waals surface area (Å²) < 4.78 is 19.4. The summed E-state index contributed by atoms with van der Waals surface area (Å²) in [5.74, 6) is 1.90. The SMILES string of the molecule is CNC.Cc1ccc(C(=O)NC2(c3n[nH]c(C4CC4)n3)CC2)cc1-c1ccc2oc(-c3ccc(F)cc3)c(C=O)c2c1. The third-order valence-electron chi connectivity index (χ3n) is 7.76. The molecule has 7 rings (SSSR count). The maximum absolute atomic E-state index is 13.4. The van der Waals surface area contributed by atoms with E-state index in [1.54, 1.807) is 12.1 Å². The molecule has 5 aromatic rings. The largest absolute Gasteiger partial charge is 0.455 e. The van der Waals surface area contributed by atoms with Gasteiger partial charge in [-0.2, -0.15) is 5.10 Å². The van der Waals surface area contributed by atoms with Crippen LogP contribution in [0.2, 0.25) is 0 Å². The summed E-state index contributed by atoms with van der Waals surface area (Å²) in [6.45, 7) is 1.98. The van der Waals surface area contributed by atoms with Gasteiger partial charge >= 0.3 is 0 Å². The van der Waals surface area contributed by atoms with E-state index in [4.69, 9.17) is 4.42 Å². The molecule has 2 aliphatic carbocycles. The summed E-state index contributed by atoms with van der Waals surface area (Å²) in [6, 6.07) is 17.1. The minimum Gasteiger partial charge on any atom is -0.455 e. The minimum atomic E-state index is -0.517. The fourth-order valence-electron chi connectivity index (χ4n) is 5.14. The van der Waals surface area contributed by atoms with E-state index in [1.165, 1.54) is 12.1 Å². The van der Waals surface area contributed by atoms with E-state index in [0.717, 1.165) is 54.5 Å². The van der Waals surface area contributed by atoms with E-state index in [0.29, 0.717) is 45.2 Å². The molecule has 8 nitrogen and oxygen atoms in total. The van der Waals surface area contributed by atoms with Gasteiger partial charge in [0, 0.05) is 22.4 Å². The number of H-pyrrole nitrogens is 1. The predicted octanol–water partition coefficient (Wildman–Crippen LogP) is 6.28. The van der Waals surface area contributed by atoms with Gasteiger partial charge in [-0.05, 0) is 112 Å². The van der Waals surface area contributed by atoms with Gasteiger partial charge in [-0.3, -0.25) is 14.7 Å². The molecule has 9 heteroatoms. The number of nitrogens with zero attached hydrogens (tertiary/aromatic N) is 2. The lowest BCUT2D eigenvalue weighted by molar-refractivity contribution is 0.0928. The molecule has 2 heterocycles. The van der Waals surface area contributed by atoms with Gasteiger partial charge in [-0.15, -0.1) is 0 Å². The van der Waals surface area contributed by atoms with Crippen LogP contribution in [0.3, 0.4) is 0 Å². The summed E-state index contributed by atoms with van der Waals surface area (Å²) in [6.07, 6.45) is 4.64. The Hall–Kier alpha value is -4.63. The third kappa shape index (κ3) is 5.23. The van der Waals surface area contributed by atoms with E-state index >= 15 is 0 Å². The molecule has 2 aliphatic rings. The van der Waals surface area contributed by atoms with E-state index < -0.39 is 5.54 Å². The van der Waals surface area contributed by atoms with Gasteiger partial charge < -0.3 is 15.1 Å². The minimum absolute atomic E-state index is 0.178. The monoisotopic (exact) mass is 565 g/mol. The van der Waals surface area contributed by atoms with Crippen LogP contribution >= 0.6 is 0 Å². The molecule has 0 saturated heterocycles. The van der Waals surface area contributed by atoms with Crippen LogP contribution in [-0.2, 0) is 5.54 Å². The van der Waals surface area contributed by atoms with Gasteiger partial charge in [-0.25, -0.2) is 9.37 Å². The van der Waals surface area contributed by atoms with Gasteiger partial charge in [0.25, 0.3) is 5.91 Å². The van der Waals surface area contributed by atoms with Crippen molar-refractivity contribution in [2.45, 2.75) is 44.1 Å². The van der Waals surface area contributed by atoms with Crippen molar-refractivity contribution < 1.29 is 18.4 Å². The van der Waals surface area contributed by atoms with Crippen LogP contribution < -0.4 is 10.6 Å². The second-order valence-corrected chi connectivity index (χ2v) is 11.1. The number of carbonyl (C=O) groups excluding carboxylic acids is 2. The Bertz CT molecular complexity index is 1780. The highest BCUT2D eigenvalue weighted by Crippen LogP contribution is 2.46. The summed E-state index contributed by atoms with van der Waals surface area (Å²) in [5.41, 5.74) is 4.32. The predicted molar refractivity (Wildman–Crippen MR) is 159 cm³/mol. The number of halogens is 1. The summed E-state index contributed by atoms with van der Waals surface area (Å²) >= 11 is 0. The maximum Gasteiger partial charge on any atom is 0.252 e. The fourth-order valence-corrected chi connectivity index (χ4v) is 5.14. The first-order valence-corrected chi connectivity index (χ1v) is 14.1. The van der Waals surface area contributed by atoms with Crippen LogP contribution in [0, 0.1) is 12.7 Å². The lowest BCUT2D eigenvalue weighted by Crippen LogP contribution is -2.35. The Morgan fingerprint density at radius 3 is 2.43 bits per heavy atom. The number of aryl methyl sites for hydroxylation is 1. The molecule has 1 amide bonds. The van der Waals surface area contributed by atoms with Crippen molar-refractivity contribution in [1.82, 2.24) is 25.8 Å². The number of nitrogens with one attached hydrogen (secondary N) is 3. The van der Waals surface area contributed by atoms with Crippen LogP contribution in [0.5, 0.6) is 0 Å². The molecule has 0 unspecified atom stereocenters. The van der Waals surface area contributed by atoms with Crippen molar-refractivity contribution >= 4 is 23.2 Å². The quantitative estimate of drug-likeness (QED) is 0.200. The molecule has 214 valence electrons. The van der Waals surface area contributed by atoms with E-state index in [2.05, 4.69) is 25.8 Å². The molecule has 0 bridgehead atoms. The highest BCUT2D eigenvalue weighted by Gasteiger charge is 2.50. The number of rotatable bonds is 7. The van der Waals surface area contributed by atoms with E-state index in [9.17, 15) is 14.0 Å². The first-order chi connectivity index (χ1) is 20.4. The van der Waals surface area contributed by atoms with Crippen LogP contribution in [0.25, 0.3) is 33.4 Å². The zero-order valence-electron chi connectivity index (χ0n) is 23.8. The molecule has 3 N–H and O–H groups in total. The van der Waals surface area contributed by atoms with Crippen molar-refractivity contribution in [2.24, 2.45) is 0 Å². The van der Waals surface area contributed by atoms with Crippen molar-refractivity contribution in [2.75, 3.05) is 14.1 Å². The van der Waals surface area contributed by atoms with Crippen LogP contribution in [0.4, 0.5) is 4.39 Å². The van der Waals surface area contributed by atoms with Gasteiger partial charge in [0.2, 0.25) is 0 Å². The molecule has 0 atom stereocenters. The highest BCUT2D eigenvalue weighted by atomic mass is 19.1. The molecule has 2 saturated carbocycles. The number of aromatic nitrogens is 3. The Morgan fingerprint density at radius 1 is 1.05 bits per heavy atom. The number of benzene rings is 3. The number of hydrogen-bond donors (Lipinski definition) is 3. The van der Waals surface area contributed by atoms with E-state index in [-0.39, 0.29) is 11.7 Å². The summed E-state index contributed by atoms with van der Waals surface area (Å²) in [5, 5.41) is 14.0. The fraction of sp³-hybridized carbons (Fsp3) is 0.273. The molecular weight excluding hydrogens is 533 g/mol. The zero-order chi connectivity index (χ0) is 29.4. The van der Waals surface area contributed by atoms with E-state index in [1.807, 2.05) is 57.4 Å². The number of furan rings is 1. The lowest BCUT2D eigenvalue weighted by Gasteiger charge is -2.15. The molecule has 42 heavy (non-hydrogen) atoms. The summed E-state index contributed by atoms with van der Waals surface area (Å²) in [7, 11) is 3.75. The smallest absolute Gasteiger partial charge is 0.252 e. The topological polar surface area (TPSA) is 113 Å². The number of amides is 1. The number of hydrogen-bond acceptors (Lipinski definition) is 6. The number of aldehydes is 1. The van der Waals surface area contributed by atoms with Gasteiger partial charge in [0.1, 0.15) is 28.5 Å². The van der Waals surface area contributed by atoms with Gasteiger partial charge in [0.05, 0.1) is 5.56 Å². The summed E-state index contributed by atoms with van der Waals surface area (Å²) in [4.78, 5) is 30.1. The lowest BCUT2D eigenvalue weighted by atomic mass is 9.96. The molecule has 2 aromatic heterocycles. The third-order valence-corrected chi connectivity index (χ3v) is 7.76. The Morgan fingerprint density at radius 2 is 1.76 bits per heavy atom. The normalized spacial score (nSPS) is 15.1. The first kappa shape index (κ1) is 27.5. The Labute approximate surface area is 242 Å². The van der Waals surface area contributed by atoms with Crippen molar-refractivity contribution in [3.63, 3.8) is 0 Å². The number of carbonyl (C=O) groups is 2. The average molecular weight is 566 g/mol. The molecule has 0 radical (unpaired) electrons. The van der Waals surface area contributed by atoms with Crippen LogP contribution in [0.1, 0.15) is 69.5 Å². The molecule has 3 aromatic carbocycles. The standard InChI is InChI=1S/C31H25FN4O3.C2H7N/c1-17-2-3-21(29(38)34-31(12-13-31)30-33-28(35-36-30)19-4-5-19)15-23(17)20-8-11-26-24(14-20)25(16-37)27(39-26)18-6-9-22(32)10-7-18;1-3-2/h2-3,6-11,14-16,19H,4-5,12-13H2,1H3,(H,34,38)(H,33,35,36);3H,1-2H3. The van der Waals surface area contributed by atoms with Crippen molar-refractivity contribution in [1.29, 1.82) is 0 Å². The second kappa shape index (κ2) is 11.0. The van der Waals surface area contributed by atoms with Gasteiger partial charge in [0.15, 0.2) is 12.1 Å². The number of fused-ring (bicyclic) bond motifs is 1. The molecule has 0 aliphatic heterocycles. The van der Waals surface area contributed by atoms with Gasteiger partial charge in [-0.1, -0.05) is 12.1 Å². The second-order valence-electron chi connectivity index (χ2n) is 11.1. The van der Waals surface area contributed by atoms with Crippen molar-refractivity contribution in [3.8, 4) is 22.5 Å². The Balaban J connectivity index is 0.00000101. The highest BCUT2D eigenvalue weighted by molar-refractivity contribution is 6.04. The van der Waals surface area contributed by atoms with Crippen molar-refractivity contribution in [3.05, 3.63) is 94.8 Å². The number of aromatic amines is 1. The van der Waals surface area contributed by atoms with Crippen LogP contribution in [-0.4, -0.2) is 41.5 Å².